The van der Waals surface area contributed by atoms with Gasteiger partial charge in [0, 0.05) is 6.07 Å². The van der Waals surface area contributed by atoms with Crippen LogP contribution in [0, 0.1) is 13.8 Å². The summed E-state index contributed by atoms with van der Waals surface area (Å²) in [7, 11) is -2.18. The van der Waals surface area contributed by atoms with E-state index in [0.29, 0.717) is 11.4 Å². The number of rotatable bonds is 7. The SMILES string of the molecule is COc1cccc(N(C(C)C(=O)NC(C)c2ccc(C)cc2C)S(C)(=O)=O)c1. The van der Waals surface area contributed by atoms with Crippen LogP contribution < -0.4 is 14.4 Å². The lowest BCUT2D eigenvalue weighted by atomic mass is 10.00. The van der Waals surface area contributed by atoms with Gasteiger partial charge < -0.3 is 10.1 Å². The molecule has 0 aliphatic rings. The second-order valence-corrected chi connectivity index (χ2v) is 8.89. The molecule has 152 valence electrons. The predicted molar refractivity (Wildman–Crippen MR) is 112 cm³/mol. The molecule has 2 aromatic carbocycles. The zero-order valence-corrected chi connectivity index (χ0v) is 18.0. The van der Waals surface area contributed by atoms with E-state index in [1.165, 1.54) is 7.11 Å². The fraction of sp³-hybridized carbons (Fsp3) is 0.381. The highest BCUT2D eigenvalue weighted by atomic mass is 32.2. The molecule has 0 saturated carbocycles. The molecular formula is C21H28N2O4S. The van der Waals surface area contributed by atoms with Gasteiger partial charge in [0.15, 0.2) is 0 Å². The van der Waals surface area contributed by atoms with E-state index in [1.54, 1.807) is 31.2 Å². The van der Waals surface area contributed by atoms with Crippen molar-refractivity contribution in [3.8, 4) is 5.75 Å². The summed E-state index contributed by atoms with van der Waals surface area (Å²) in [4.78, 5) is 12.9. The Hall–Kier alpha value is -2.54. The van der Waals surface area contributed by atoms with Gasteiger partial charge in [0.05, 0.1) is 25.1 Å². The number of amides is 1. The van der Waals surface area contributed by atoms with Gasteiger partial charge in [0.2, 0.25) is 15.9 Å². The van der Waals surface area contributed by atoms with Crippen LogP contribution >= 0.6 is 0 Å². The summed E-state index contributed by atoms with van der Waals surface area (Å²) < 4.78 is 31.2. The molecule has 1 N–H and O–H groups in total. The van der Waals surface area contributed by atoms with Gasteiger partial charge >= 0.3 is 0 Å². The minimum atomic E-state index is -3.68. The largest absolute Gasteiger partial charge is 0.497 e. The number of ether oxygens (including phenoxy) is 1. The van der Waals surface area contributed by atoms with E-state index in [1.807, 2.05) is 32.9 Å². The first-order valence-electron chi connectivity index (χ1n) is 9.05. The maximum Gasteiger partial charge on any atom is 0.244 e. The average Bonchev–Trinajstić information content (AvgIpc) is 2.60. The topological polar surface area (TPSA) is 75.7 Å². The lowest BCUT2D eigenvalue weighted by Gasteiger charge is -2.29. The van der Waals surface area contributed by atoms with Crippen LogP contribution in [0.3, 0.4) is 0 Å². The summed E-state index contributed by atoms with van der Waals surface area (Å²) >= 11 is 0. The first-order chi connectivity index (χ1) is 13.0. The van der Waals surface area contributed by atoms with Crippen molar-refractivity contribution >= 4 is 21.6 Å². The zero-order valence-electron chi connectivity index (χ0n) is 17.2. The third-order valence-electron chi connectivity index (χ3n) is 4.65. The summed E-state index contributed by atoms with van der Waals surface area (Å²) in [5.41, 5.74) is 3.60. The lowest BCUT2D eigenvalue weighted by Crippen LogP contribution is -2.48. The number of sulfonamides is 1. The molecular weight excluding hydrogens is 376 g/mol. The van der Waals surface area contributed by atoms with Gasteiger partial charge in [-0.15, -0.1) is 0 Å². The monoisotopic (exact) mass is 404 g/mol. The number of anilines is 1. The van der Waals surface area contributed by atoms with Crippen LogP contribution in [-0.4, -0.2) is 33.7 Å². The normalized spacial score (nSPS) is 13.5. The fourth-order valence-electron chi connectivity index (χ4n) is 3.28. The van der Waals surface area contributed by atoms with Crippen LogP contribution in [0.15, 0.2) is 42.5 Å². The summed E-state index contributed by atoms with van der Waals surface area (Å²) in [6, 6.07) is 11.5. The third kappa shape index (κ3) is 5.04. The van der Waals surface area contributed by atoms with Crippen molar-refractivity contribution in [2.45, 2.75) is 39.8 Å². The van der Waals surface area contributed by atoms with Gasteiger partial charge in [0.25, 0.3) is 0 Å². The molecule has 0 saturated heterocycles. The fourth-order valence-corrected chi connectivity index (χ4v) is 4.45. The molecule has 2 rings (SSSR count). The van der Waals surface area contributed by atoms with E-state index >= 15 is 0 Å². The Morgan fingerprint density at radius 2 is 1.79 bits per heavy atom. The molecule has 0 aliphatic carbocycles. The maximum atomic E-state index is 12.9. The van der Waals surface area contributed by atoms with E-state index in [0.717, 1.165) is 27.3 Å². The molecule has 6 nitrogen and oxygen atoms in total. The highest BCUT2D eigenvalue weighted by Crippen LogP contribution is 2.26. The Labute approximate surface area is 167 Å². The van der Waals surface area contributed by atoms with Crippen molar-refractivity contribution in [3.05, 3.63) is 59.2 Å². The van der Waals surface area contributed by atoms with Crippen molar-refractivity contribution in [1.29, 1.82) is 0 Å². The van der Waals surface area contributed by atoms with Crippen molar-refractivity contribution < 1.29 is 17.9 Å². The Morgan fingerprint density at radius 1 is 1.11 bits per heavy atom. The van der Waals surface area contributed by atoms with Crippen molar-refractivity contribution in [2.75, 3.05) is 17.7 Å². The second kappa shape index (κ2) is 8.65. The molecule has 2 aromatic rings. The van der Waals surface area contributed by atoms with E-state index < -0.39 is 16.1 Å². The molecule has 1 amide bonds. The Kier molecular flexibility index (Phi) is 6.72. The molecule has 0 heterocycles. The van der Waals surface area contributed by atoms with E-state index in [-0.39, 0.29) is 11.9 Å². The molecule has 2 atom stereocenters. The molecule has 0 radical (unpaired) electrons. The molecule has 0 fully saturated rings. The van der Waals surface area contributed by atoms with Gasteiger partial charge in [-0.25, -0.2) is 8.42 Å². The Bertz CT molecular complexity index is 957. The van der Waals surface area contributed by atoms with Crippen LogP contribution in [0.5, 0.6) is 5.75 Å². The number of hydrogen-bond donors (Lipinski definition) is 1. The average molecular weight is 405 g/mol. The van der Waals surface area contributed by atoms with Gasteiger partial charge in [-0.05, 0) is 51.0 Å². The first kappa shape index (κ1) is 21.8. The Morgan fingerprint density at radius 3 is 2.36 bits per heavy atom. The van der Waals surface area contributed by atoms with Crippen LogP contribution in [-0.2, 0) is 14.8 Å². The molecule has 0 aromatic heterocycles. The summed E-state index contributed by atoms with van der Waals surface area (Å²) in [5.74, 6) is 0.142. The van der Waals surface area contributed by atoms with E-state index in [9.17, 15) is 13.2 Å². The van der Waals surface area contributed by atoms with Crippen LogP contribution in [0.25, 0.3) is 0 Å². The molecule has 7 heteroatoms. The summed E-state index contributed by atoms with van der Waals surface area (Å²) in [6.07, 6.45) is 1.09. The molecule has 0 aliphatic heterocycles. The number of aryl methyl sites for hydroxylation is 2. The van der Waals surface area contributed by atoms with Gasteiger partial charge in [0.1, 0.15) is 11.8 Å². The molecule has 28 heavy (non-hydrogen) atoms. The number of carbonyl (C=O) groups is 1. The van der Waals surface area contributed by atoms with Crippen molar-refractivity contribution in [2.24, 2.45) is 0 Å². The van der Waals surface area contributed by atoms with E-state index in [4.69, 9.17) is 4.74 Å². The van der Waals surface area contributed by atoms with Crippen LogP contribution in [0.4, 0.5) is 5.69 Å². The quantitative estimate of drug-likeness (QED) is 0.768. The number of nitrogens with one attached hydrogen (secondary N) is 1. The van der Waals surface area contributed by atoms with Gasteiger partial charge in [-0.2, -0.15) is 0 Å². The van der Waals surface area contributed by atoms with Gasteiger partial charge in [-0.3, -0.25) is 9.10 Å². The second-order valence-electron chi connectivity index (χ2n) is 7.03. The maximum absolute atomic E-state index is 12.9. The Balaban J connectivity index is 2.28. The zero-order chi connectivity index (χ0) is 21.1. The first-order valence-corrected chi connectivity index (χ1v) is 10.9. The predicted octanol–water partition coefficient (Wildman–Crippen LogP) is 3.34. The minimum absolute atomic E-state index is 0.248. The smallest absolute Gasteiger partial charge is 0.244 e. The molecule has 0 spiro atoms. The third-order valence-corrected chi connectivity index (χ3v) is 5.89. The number of benzene rings is 2. The lowest BCUT2D eigenvalue weighted by molar-refractivity contribution is -0.122. The van der Waals surface area contributed by atoms with Crippen molar-refractivity contribution in [1.82, 2.24) is 5.32 Å². The minimum Gasteiger partial charge on any atom is -0.497 e. The number of hydrogen-bond acceptors (Lipinski definition) is 4. The standard InChI is InChI=1S/C21H28N2O4S/c1-14-10-11-20(15(2)12-14)16(3)22-21(24)17(4)23(28(6,25)26)18-8-7-9-19(13-18)27-5/h7-13,16-17H,1-6H3,(H,22,24). The van der Waals surface area contributed by atoms with Gasteiger partial charge in [-0.1, -0.05) is 29.8 Å². The molecule has 2 unspecified atom stereocenters. The summed E-state index contributed by atoms with van der Waals surface area (Å²) in [6.45, 7) is 7.47. The number of nitrogens with zero attached hydrogens (tertiary/aromatic N) is 1. The van der Waals surface area contributed by atoms with Crippen LogP contribution in [0.1, 0.15) is 36.6 Å². The highest BCUT2D eigenvalue weighted by molar-refractivity contribution is 7.92. The van der Waals surface area contributed by atoms with Crippen molar-refractivity contribution in [3.63, 3.8) is 0 Å². The van der Waals surface area contributed by atoms with E-state index in [2.05, 4.69) is 11.4 Å². The molecule has 0 bridgehead atoms. The van der Waals surface area contributed by atoms with Crippen LogP contribution in [0.2, 0.25) is 0 Å². The number of methoxy groups -OCH3 is 1. The number of carbonyl (C=O) groups excluding carboxylic acids is 1. The summed E-state index contributed by atoms with van der Waals surface area (Å²) in [5, 5.41) is 2.93. The highest BCUT2D eigenvalue weighted by Gasteiger charge is 2.30.